The molecule has 0 saturated heterocycles. The zero-order valence-corrected chi connectivity index (χ0v) is 15.1. The van der Waals surface area contributed by atoms with Gasteiger partial charge >= 0.3 is 5.97 Å². The Labute approximate surface area is 157 Å². The van der Waals surface area contributed by atoms with Crippen LogP contribution in [0, 0.1) is 0 Å². The number of ether oxygens (including phenoxy) is 2. The number of methoxy groups -OCH3 is 1. The number of aromatic nitrogens is 1. The molecule has 0 fully saturated rings. The average molecular weight is 364 g/mol. The predicted octanol–water partition coefficient (Wildman–Crippen LogP) is 3.11. The first kappa shape index (κ1) is 18.4. The SMILES string of the molecule is COc1ccc(CNC(=O)[C@H](C)OC(=O)c2ccc3ccccc3n2)cc1. The molecule has 6 heteroatoms. The van der Waals surface area contributed by atoms with E-state index in [1.165, 1.54) is 6.92 Å². The molecule has 27 heavy (non-hydrogen) atoms. The molecule has 1 amide bonds. The Hall–Kier alpha value is -3.41. The summed E-state index contributed by atoms with van der Waals surface area (Å²) in [6, 6.07) is 18.2. The normalized spacial score (nSPS) is 11.6. The fourth-order valence-electron chi connectivity index (χ4n) is 2.53. The van der Waals surface area contributed by atoms with Gasteiger partial charge in [-0.15, -0.1) is 0 Å². The van der Waals surface area contributed by atoms with Gasteiger partial charge in [0.1, 0.15) is 11.4 Å². The van der Waals surface area contributed by atoms with Crippen LogP contribution in [-0.4, -0.2) is 30.1 Å². The Bertz CT molecular complexity index is 954. The molecule has 1 heterocycles. The van der Waals surface area contributed by atoms with E-state index in [4.69, 9.17) is 9.47 Å². The van der Waals surface area contributed by atoms with Crippen LogP contribution in [0.1, 0.15) is 23.0 Å². The monoisotopic (exact) mass is 364 g/mol. The van der Waals surface area contributed by atoms with Crippen molar-refractivity contribution in [2.75, 3.05) is 7.11 Å². The third-order valence-electron chi connectivity index (χ3n) is 4.09. The minimum atomic E-state index is -0.927. The molecule has 3 rings (SSSR count). The summed E-state index contributed by atoms with van der Waals surface area (Å²) in [6.07, 6.45) is -0.927. The van der Waals surface area contributed by atoms with Crippen molar-refractivity contribution in [3.63, 3.8) is 0 Å². The van der Waals surface area contributed by atoms with Crippen LogP contribution < -0.4 is 10.1 Å². The lowest BCUT2D eigenvalue weighted by Gasteiger charge is -2.13. The summed E-state index contributed by atoms with van der Waals surface area (Å²) in [7, 11) is 1.59. The molecule has 1 N–H and O–H groups in total. The number of nitrogens with one attached hydrogen (secondary N) is 1. The Morgan fingerprint density at radius 2 is 1.78 bits per heavy atom. The maximum Gasteiger partial charge on any atom is 0.357 e. The van der Waals surface area contributed by atoms with Gasteiger partial charge in [0.05, 0.1) is 12.6 Å². The maximum absolute atomic E-state index is 12.3. The van der Waals surface area contributed by atoms with E-state index in [9.17, 15) is 9.59 Å². The molecule has 0 aliphatic heterocycles. The molecule has 0 saturated carbocycles. The number of amides is 1. The molecular weight excluding hydrogens is 344 g/mol. The van der Waals surface area contributed by atoms with Gasteiger partial charge < -0.3 is 14.8 Å². The largest absolute Gasteiger partial charge is 0.497 e. The Kier molecular flexibility index (Phi) is 5.66. The molecule has 0 radical (unpaired) electrons. The van der Waals surface area contributed by atoms with Crippen molar-refractivity contribution < 1.29 is 19.1 Å². The fourth-order valence-corrected chi connectivity index (χ4v) is 2.53. The third kappa shape index (κ3) is 4.61. The van der Waals surface area contributed by atoms with E-state index in [1.807, 2.05) is 48.5 Å². The van der Waals surface area contributed by atoms with Crippen LogP contribution in [0.25, 0.3) is 10.9 Å². The van der Waals surface area contributed by atoms with Crippen molar-refractivity contribution in [2.24, 2.45) is 0 Å². The minimum Gasteiger partial charge on any atom is -0.497 e. The van der Waals surface area contributed by atoms with E-state index >= 15 is 0 Å². The van der Waals surface area contributed by atoms with E-state index in [-0.39, 0.29) is 11.6 Å². The highest BCUT2D eigenvalue weighted by Crippen LogP contribution is 2.13. The lowest BCUT2D eigenvalue weighted by atomic mass is 10.2. The summed E-state index contributed by atoms with van der Waals surface area (Å²) in [5, 5.41) is 3.68. The zero-order chi connectivity index (χ0) is 19.2. The molecule has 1 atom stereocenters. The quantitative estimate of drug-likeness (QED) is 0.680. The first-order chi connectivity index (χ1) is 13.1. The predicted molar refractivity (Wildman–Crippen MR) is 101 cm³/mol. The number of nitrogens with zero attached hydrogens (tertiary/aromatic N) is 1. The lowest BCUT2D eigenvalue weighted by Crippen LogP contribution is -2.35. The van der Waals surface area contributed by atoms with Crippen molar-refractivity contribution in [3.8, 4) is 5.75 Å². The van der Waals surface area contributed by atoms with Crippen molar-refractivity contribution >= 4 is 22.8 Å². The molecule has 138 valence electrons. The van der Waals surface area contributed by atoms with Crippen LogP contribution in [0.5, 0.6) is 5.75 Å². The molecule has 1 aromatic heterocycles. The van der Waals surface area contributed by atoms with Crippen LogP contribution in [0.3, 0.4) is 0 Å². The van der Waals surface area contributed by atoms with Gasteiger partial charge in [-0.25, -0.2) is 9.78 Å². The summed E-state index contributed by atoms with van der Waals surface area (Å²) in [4.78, 5) is 28.7. The van der Waals surface area contributed by atoms with Gasteiger partial charge in [0, 0.05) is 11.9 Å². The van der Waals surface area contributed by atoms with Gasteiger partial charge in [0.2, 0.25) is 0 Å². The molecule has 0 unspecified atom stereocenters. The van der Waals surface area contributed by atoms with E-state index in [2.05, 4.69) is 10.3 Å². The van der Waals surface area contributed by atoms with E-state index < -0.39 is 12.1 Å². The summed E-state index contributed by atoms with van der Waals surface area (Å²) in [5.41, 5.74) is 1.78. The van der Waals surface area contributed by atoms with Crippen molar-refractivity contribution in [1.82, 2.24) is 10.3 Å². The molecule has 0 spiro atoms. The minimum absolute atomic E-state index is 0.170. The summed E-state index contributed by atoms with van der Waals surface area (Å²) in [5.74, 6) is -0.261. The summed E-state index contributed by atoms with van der Waals surface area (Å²) in [6.45, 7) is 1.86. The Morgan fingerprint density at radius 1 is 1.04 bits per heavy atom. The fraction of sp³-hybridized carbons (Fsp3) is 0.190. The zero-order valence-electron chi connectivity index (χ0n) is 15.1. The lowest BCUT2D eigenvalue weighted by molar-refractivity contribution is -0.129. The standard InChI is InChI=1S/C21H20N2O4/c1-14(20(24)22-13-15-7-10-17(26-2)11-8-15)27-21(25)19-12-9-16-5-3-4-6-18(16)23-19/h3-12,14H,13H2,1-2H3,(H,22,24)/t14-/m0/s1. The van der Waals surface area contributed by atoms with Crippen LogP contribution in [-0.2, 0) is 16.1 Å². The van der Waals surface area contributed by atoms with Crippen LogP contribution in [0.2, 0.25) is 0 Å². The second kappa shape index (κ2) is 8.31. The van der Waals surface area contributed by atoms with Crippen LogP contribution >= 0.6 is 0 Å². The molecule has 0 bridgehead atoms. The highest BCUT2D eigenvalue weighted by molar-refractivity contribution is 5.93. The number of hydrogen-bond donors (Lipinski definition) is 1. The van der Waals surface area contributed by atoms with Gasteiger partial charge in [-0.3, -0.25) is 4.79 Å². The van der Waals surface area contributed by atoms with Gasteiger partial charge in [-0.05, 0) is 36.8 Å². The number of esters is 1. The van der Waals surface area contributed by atoms with E-state index in [0.717, 1.165) is 16.7 Å². The number of rotatable bonds is 6. The van der Waals surface area contributed by atoms with Gasteiger partial charge in [0.15, 0.2) is 6.10 Å². The molecule has 3 aromatic rings. The number of fused-ring (bicyclic) bond motifs is 1. The third-order valence-corrected chi connectivity index (χ3v) is 4.09. The molecule has 2 aromatic carbocycles. The topological polar surface area (TPSA) is 77.5 Å². The van der Waals surface area contributed by atoms with Gasteiger partial charge in [0.25, 0.3) is 5.91 Å². The first-order valence-electron chi connectivity index (χ1n) is 8.54. The maximum atomic E-state index is 12.3. The molecule has 0 aliphatic rings. The number of carbonyl (C=O) groups is 2. The molecule has 0 aliphatic carbocycles. The average Bonchev–Trinajstić information content (AvgIpc) is 2.71. The second-order valence-corrected chi connectivity index (χ2v) is 6.00. The highest BCUT2D eigenvalue weighted by Gasteiger charge is 2.19. The van der Waals surface area contributed by atoms with Crippen molar-refractivity contribution in [2.45, 2.75) is 19.6 Å². The number of para-hydroxylation sites is 1. The van der Waals surface area contributed by atoms with Gasteiger partial charge in [-0.1, -0.05) is 36.4 Å². The first-order valence-corrected chi connectivity index (χ1v) is 8.54. The van der Waals surface area contributed by atoms with Gasteiger partial charge in [-0.2, -0.15) is 0 Å². The van der Waals surface area contributed by atoms with Crippen molar-refractivity contribution in [3.05, 3.63) is 71.9 Å². The van der Waals surface area contributed by atoms with E-state index in [0.29, 0.717) is 12.1 Å². The van der Waals surface area contributed by atoms with Crippen LogP contribution in [0.15, 0.2) is 60.7 Å². The Morgan fingerprint density at radius 3 is 2.52 bits per heavy atom. The number of benzene rings is 2. The number of carbonyl (C=O) groups excluding carboxylic acids is 2. The van der Waals surface area contributed by atoms with E-state index in [1.54, 1.807) is 19.2 Å². The Balaban J connectivity index is 1.56. The smallest absolute Gasteiger partial charge is 0.357 e. The summed E-state index contributed by atoms with van der Waals surface area (Å²) < 4.78 is 10.3. The number of pyridine rings is 1. The summed E-state index contributed by atoms with van der Waals surface area (Å²) >= 11 is 0. The van der Waals surface area contributed by atoms with Crippen molar-refractivity contribution in [1.29, 1.82) is 0 Å². The molecular formula is C21H20N2O4. The highest BCUT2D eigenvalue weighted by atomic mass is 16.5. The second-order valence-electron chi connectivity index (χ2n) is 6.00. The van der Waals surface area contributed by atoms with Crippen LogP contribution in [0.4, 0.5) is 0 Å². The number of hydrogen-bond acceptors (Lipinski definition) is 5. The molecule has 6 nitrogen and oxygen atoms in total.